The highest BCUT2D eigenvalue weighted by Crippen LogP contribution is 2.40. The number of methoxy groups -OCH3 is 1. The lowest BCUT2D eigenvalue weighted by Gasteiger charge is -2.44. The van der Waals surface area contributed by atoms with E-state index in [1.54, 1.807) is 43.5 Å². The van der Waals surface area contributed by atoms with Crippen LogP contribution in [-0.2, 0) is 10.0 Å². The Morgan fingerprint density at radius 2 is 1.74 bits per heavy atom. The maximum atomic E-state index is 13.0. The molecule has 2 aliphatic heterocycles. The molecule has 2 heterocycles. The zero-order valence-corrected chi connectivity index (χ0v) is 17.8. The molecule has 0 aliphatic carbocycles. The fraction of sp³-hybridized carbons (Fsp3) is 0.261. The molecule has 0 aromatic heterocycles. The van der Waals surface area contributed by atoms with Crippen LogP contribution < -0.4 is 14.8 Å². The summed E-state index contributed by atoms with van der Waals surface area (Å²) in [6.45, 7) is 0.502. The third kappa shape index (κ3) is 3.32. The van der Waals surface area contributed by atoms with Gasteiger partial charge >= 0.3 is 0 Å². The van der Waals surface area contributed by atoms with Crippen molar-refractivity contribution in [3.05, 3.63) is 66.2 Å². The van der Waals surface area contributed by atoms with Gasteiger partial charge in [-0.15, -0.1) is 0 Å². The Kier molecular flexibility index (Phi) is 4.64. The standard InChI is InChI=1S/C23H22N2O5S/c1-29-17-9-7-16-8-10-19-21(20(16)15-17)30-23(24-22(19)26)11-13-25(14-12-23)31(27,28)18-5-3-2-4-6-18/h2-10,15H,11-14H2,1H3,(H,24,26). The molecule has 0 radical (unpaired) electrons. The van der Waals surface area contributed by atoms with Crippen LogP contribution in [0.2, 0.25) is 0 Å². The van der Waals surface area contributed by atoms with Crippen molar-refractivity contribution in [3.8, 4) is 11.5 Å². The fourth-order valence-electron chi connectivity index (χ4n) is 4.24. The highest BCUT2D eigenvalue weighted by molar-refractivity contribution is 7.89. The average Bonchev–Trinajstić information content (AvgIpc) is 2.79. The smallest absolute Gasteiger partial charge is 0.258 e. The number of carbonyl (C=O) groups excluding carboxylic acids is 1. The molecule has 160 valence electrons. The number of ether oxygens (including phenoxy) is 2. The van der Waals surface area contributed by atoms with E-state index in [1.165, 1.54) is 4.31 Å². The third-order valence-electron chi connectivity index (χ3n) is 5.97. The van der Waals surface area contributed by atoms with Crippen LogP contribution in [0.3, 0.4) is 0 Å². The number of sulfonamides is 1. The van der Waals surface area contributed by atoms with Gasteiger partial charge in [-0.3, -0.25) is 4.79 Å². The van der Waals surface area contributed by atoms with Crippen LogP contribution in [0, 0.1) is 0 Å². The summed E-state index contributed by atoms with van der Waals surface area (Å²) in [7, 11) is -1.99. The quantitative estimate of drug-likeness (QED) is 0.679. The van der Waals surface area contributed by atoms with Crippen molar-refractivity contribution < 1.29 is 22.7 Å². The zero-order valence-electron chi connectivity index (χ0n) is 17.0. The van der Waals surface area contributed by atoms with Crippen LogP contribution >= 0.6 is 0 Å². The van der Waals surface area contributed by atoms with E-state index >= 15 is 0 Å². The monoisotopic (exact) mass is 438 g/mol. The lowest BCUT2D eigenvalue weighted by molar-refractivity contribution is -0.0143. The summed E-state index contributed by atoms with van der Waals surface area (Å²) in [5.74, 6) is 0.971. The number of carbonyl (C=O) groups is 1. The first kappa shape index (κ1) is 19.8. The van der Waals surface area contributed by atoms with Crippen LogP contribution in [0.25, 0.3) is 10.8 Å². The normalized spacial score (nSPS) is 18.3. The summed E-state index contributed by atoms with van der Waals surface area (Å²) in [4.78, 5) is 13.2. The molecule has 5 rings (SSSR count). The van der Waals surface area contributed by atoms with Crippen molar-refractivity contribution in [3.63, 3.8) is 0 Å². The second kappa shape index (κ2) is 7.25. The molecule has 0 bridgehead atoms. The molecule has 8 heteroatoms. The van der Waals surface area contributed by atoms with E-state index in [0.29, 0.717) is 29.9 Å². The topological polar surface area (TPSA) is 84.9 Å². The van der Waals surface area contributed by atoms with E-state index in [0.717, 1.165) is 10.8 Å². The number of piperidine rings is 1. The van der Waals surface area contributed by atoms with E-state index in [9.17, 15) is 13.2 Å². The van der Waals surface area contributed by atoms with Crippen molar-refractivity contribution in [1.82, 2.24) is 9.62 Å². The minimum Gasteiger partial charge on any atom is -0.497 e. The Balaban J connectivity index is 1.45. The van der Waals surface area contributed by atoms with Crippen LogP contribution in [0.1, 0.15) is 23.2 Å². The lowest BCUT2D eigenvalue weighted by Crippen LogP contribution is -2.61. The molecular formula is C23H22N2O5S. The Morgan fingerprint density at radius 1 is 1.03 bits per heavy atom. The van der Waals surface area contributed by atoms with Crippen LogP contribution in [0.5, 0.6) is 11.5 Å². The van der Waals surface area contributed by atoms with E-state index in [-0.39, 0.29) is 23.9 Å². The number of nitrogens with one attached hydrogen (secondary N) is 1. The van der Waals surface area contributed by atoms with Gasteiger partial charge in [-0.2, -0.15) is 4.31 Å². The average molecular weight is 439 g/mol. The summed E-state index contributed by atoms with van der Waals surface area (Å²) in [5, 5.41) is 4.71. The van der Waals surface area contributed by atoms with Gasteiger partial charge in [0.15, 0.2) is 5.72 Å². The summed E-state index contributed by atoms with van der Waals surface area (Å²) in [5.41, 5.74) is -0.477. The predicted molar refractivity (Wildman–Crippen MR) is 116 cm³/mol. The number of rotatable bonds is 3. The maximum Gasteiger partial charge on any atom is 0.258 e. The molecule has 1 saturated heterocycles. The van der Waals surface area contributed by atoms with Gasteiger partial charge in [-0.1, -0.05) is 30.3 Å². The zero-order chi connectivity index (χ0) is 21.6. The maximum absolute atomic E-state index is 13.0. The van der Waals surface area contributed by atoms with Crippen molar-refractivity contribution in [2.45, 2.75) is 23.5 Å². The van der Waals surface area contributed by atoms with Crippen molar-refractivity contribution in [1.29, 1.82) is 0 Å². The summed E-state index contributed by atoms with van der Waals surface area (Å²) in [6, 6.07) is 17.7. The molecule has 1 amide bonds. The number of fused-ring (bicyclic) bond motifs is 3. The Hall–Kier alpha value is -3.10. The highest BCUT2D eigenvalue weighted by atomic mass is 32.2. The van der Waals surface area contributed by atoms with Gasteiger partial charge in [-0.25, -0.2) is 8.42 Å². The number of hydrogen-bond acceptors (Lipinski definition) is 5. The van der Waals surface area contributed by atoms with Gasteiger partial charge in [0.1, 0.15) is 11.5 Å². The minimum absolute atomic E-state index is 0.217. The summed E-state index contributed by atoms with van der Waals surface area (Å²) < 4.78 is 39.1. The molecule has 0 unspecified atom stereocenters. The Labute approximate surface area is 180 Å². The van der Waals surface area contributed by atoms with Gasteiger partial charge in [0.2, 0.25) is 10.0 Å². The van der Waals surface area contributed by atoms with Gasteiger partial charge < -0.3 is 14.8 Å². The van der Waals surface area contributed by atoms with Gasteiger partial charge in [0.25, 0.3) is 5.91 Å². The lowest BCUT2D eigenvalue weighted by atomic mass is 9.96. The summed E-state index contributed by atoms with van der Waals surface area (Å²) >= 11 is 0. The molecule has 0 atom stereocenters. The number of nitrogens with zero attached hydrogens (tertiary/aromatic N) is 1. The van der Waals surface area contributed by atoms with Crippen molar-refractivity contribution in [2.24, 2.45) is 0 Å². The Bertz CT molecular complexity index is 1270. The van der Waals surface area contributed by atoms with E-state index in [4.69, 9.17) is 9.47 Å². The first-order valence-corrected chi connectivity index (χ1v) is 11.5. The SMILES string of the molecule is COc1ccc2ccc3c(c2c1)OC1(CCN(S(=O)(=O)c2ccccc2)CC1)NC3=O. The molecule has 1 N–H and O–H groups in total. The first-order valence-electron chi connectivity index (χ1n) is 10.1. The van der Waals surface area contributed by atoms with Crippen LogP contribution in [0.4, 0.5) is 0 Å². The van der Waals surface area contributed by atoms with Crippen molar-refractivity contribution >= 4 is 26.7 Å². The second-order valence-electron chi connectivity index (χ2n) is 7.80. The van der Waals surface area contributed by atoms with Gasteiger partial charge in [0.05, 0.1) is 17.6 Å². The fourth-order valence-corrected chi connectivity index (χ4v) is 5.70. The predicted octanol–water partition coefficient (Wildman–Crippen LogP) is 3.15. The largest absolute Gasteiger partial charge is 0.497 e. The molecule has 3 aromatic rings. The van der Waals surface area contributed by atoms with E-state index < -0.39 is 15.7 Å². The first-order chi connectivity index (χ1) is 14.9. The van der Waals surface area contributed by atoms with Crippen LogP contribution in [-0.4, -0.2) is 44.6 Å². The molecule has 1 fully saturated rings. The molecule has 0 saturated carbocycles. The summed E-state index contributed by atoms with van der Waals surface area (Å²) in [6.07, 6.45) is 0.704. The Morgan fingerprint density at radius 3 is 2.45 bits per heavy atom. The second-order valence-corrected chi connectivity index (χ2v) is 9.73. The molecule has 31 heavy (non-hydrogen) atoms. The molecule has 1 spiro atoms. The number of benzene rings is 3. The molecular weight excluding hydrogens is 416 g/mol. The van der Waals surface area contributed by atoms with Gasteiger partial charge in [0, 0.05) is 31.3 Å². The van der Waals surface area contributed by atoms with Gasteiger partial charge in [-0.05, 0) is 35.7 Å². The van der Waals surface area contributed by atoms with E-state index in [2.05, 4.69) is 5.32 Å². The number of amides is 1. The third-order valence-corrected chi connectivity index (χ3v) is 7.89. The highest BCUT2D eigenvalue weighted by Gasteiger charge is 2.45. The minimum atomic E-state index is -3.59. The van der Waals surface area contributed by atoms with Crippen LogP contribution in [0.15, 0.2) is 65.6 Å². The number of hydrogen-bond donors (Lipinski definition) is 1. The van der Waals surface area contributed by atoms with Crippen molar-refractivity contribution in [2.75, 3.05) is 20.2 Å². The molecule has 7 nitrogen and oxygen atoms in total. The van der Waals surface area contributed by atoms with E-state index in [1.807, 2.05) is 24.3 Å². The molecule has 2 aliphatic rings. The molecule has 3 aromatic carbocycles.